The molecular formula is C14H19N3O3S. The largest absolute Gasteiger partial charge is 0.369 e. The van der Waals surface area contributed by atoms with E-state index in [1.54, 1.807) is 11.9 Å². The summed E-state index contributed by atoms with van der Waals surface area (Å²) in [6.07, 6.45) is 2.18. The van der Waals surface area contributed by atoms with Crippen LogP contribution in [0.5, 0.6) is 0 Å². The van der Waals surface area contributed by atoms with Crippen LogP contribution in [0.3, 0.4) is 0 Å². The predicted octanol–water partition coefficient (Wildman–Crippen LogP) is 0.869. The molecule has 2 heterocycles. The molecule has 3 rings (SSSR count). The first-order chi connectivity index (χ1) is 9.83. The Kier molecular flexibility index (Phi) is 3.22. The van der Waals surface area contributed by atoms with Gasteiger partial charge in [0.1, 0.15) is 5.54 Å². The average molecular weight is 309 g/mol. The molecule has 0 unspecified atom stereocenters. The molecule has 21 heavy (non-hydrogen) atoms. The van der Waals surface area contributed by atoms with E-state index in [0.29, 0.717) is 25.9 Å². The number of piperidine rings is 1. The Labute approximate surface area is 124 Å². The number of para-hydroxylation sites is 2. The van der Waals surface area contributed by atoms with Crippen molar-refractivity contribution in [2.24, 2.45) is 0 Å². The van der Waals surface area contributed by atoms with Crippen LogP contribution in [0.15, 0.2) is 24.3 Å². The quantitative estimate of drug-likeness (QED) is 0.836. The van der Waals surface area contributed by atoms with E-state index in [1.165, 1.54) is 10.6 Å². The summed E-state index contributed by atoms with van der Waals surface area (Å²) >= 11 is 0. The Morgan fingerprint density at radius 1 is 1.19 bits per heavy atom. The van der Waals surface area contributed by atoms with Crippen LogP contribution in [0.2, 0.25) is 0 Å². The fraction of sp³-hybridized carbons (Fsp3) is 0.500. The minimum atomic E-state index is -3.19. The lowest BCUT2D eigenvalue weighted by atomic mass is 9.84. The summed E-state index contributed by atoms with van der Waals surface area (Å²) in [7, 11) is -1.42. The molecule has 1 amide bonds. The Morgan fingerprint density at radius 3 is 2.43 bits per heavy atom. The molecule has 2 aliphatic rings. The zero-order valence-corrected chi connectivity index (χ0v) is 13.0. The van der Waals surface area contributed by atoms with Gasteiger partial charge in [-0.2, -0.15) is 0 Å². The molecule has 6 nitrogen and oxygen atoms in total. The number of nitrogens with zero attached hydrogens (tertiary/aromatic N) is 2. The fourth-order valence-corrected chi connectivity index (χ4v) is 4.00. The number of anilines is 2. The van der Waals surface area contributed by atoms with Crippen molar-refractivity contribution in [2.75, 3.05) is 36.6 Å². The van der Waals surface area contributed by atoms with Crippen LogP contribution >= 0.6 is 0 Å². The van der Waals surface area contributed by atoms with Crippen molar-refractivity contribution < 1.29 is 13.2 Å². The van der Waals surface area contributed by atoms with Gasteiger partial charge >= 0.3 is 0 Å². The molecule has 2 aliphatic heterocycles. The summed E-state index contributed by atoms with van der Waals surface area (Å²) in [5.41, 5.74) is 1.09. The average Bonchev–Trinajstić information content (AvgIpc) is 2.45. The van der Waals surface area contributed by atoms with Gasteiger partial charge in [-0.05, 0) is 25.0 Å². The second kappa shape index (κ2) is 4.71. The Bertz CT molecular complexity index is 678. The molecule has 0 bridgehead atoms. The van der Waals surface area contributed by atoms with Gasteiger partial charge in [-0.25, -0.2) is 12.7 Å². The Morgan fingerprint density at radius 2 is 1.81 bits per heavy atom. The molecule has 1 spiro atoms. The van der Waals surface area contributed by atoms with E-state index in [-0.39, 0.29) is 5.91 Å². The molecule has 1 aromatic carbocycles. The van der Waals surface area contributed by atoms with Crippen LogP contribution in [0.1, 0.15) is 12.8 Å². The van der Waals surface area contributed by atoms with Crippen molar-refractivity contribution in [1.82, 2.24) is 4.31 Å². The van der Waals surface area contributed by atoms with Gasteiger partial charge in [0.05, 0.1) is 17.6 Å². The summed E-state index contributed by atoms with van der Waals surface area (Å²) in [6, 6.07) is 7.67. The van der Waals surface area contributed by atoms with Crippen molar-refractivity contribution in [3.8, 4) is 0 Å². The van der Waals surface area contributed by atoms with Gasteiger partial charge in [-0.3, -0.25) is 4.79 Å². The number of carbonyl (C=O) groups excluding carboxylic acids is 1. The van der Waals surface area contributed by atoms with Crippen LogP contribution in [0, 0.1) is 0 Å². The molecule has 0 aliphatic carbocycles. The van der Waals surface area contributed by atoms with Crippen molar-refractivity contribution in [3.63, 3.8) is 0 Å². The lowest BCUT2D eigenvalue weighted by Crippen LogP contribution is -2.61. The fourth-order valence-electron chi connectivity index (χ4n) is 3.15. The van der Waals surface area contributed by atoms with E-state index in [0.717, 1.165) is 11.4 Å². The zero-order chi connectivity index (χ0) is 15.3. The Hall–Kier alpha value is -1.60. The standard InChI is InChI=1S/C14H19N3O3S/c1-16-12-6-4-3-5-11(12)15-14(13(16)18)7-9-17(10-8-14)21(2,19)20/h3-6,15H,7-10H2,1-2H3. The molecule has 0 radical (unpaired) electrons. The smallest absolute Gasteiger partial charge is 0.252 e. The molecule has 1 N–H and O–H groups in total. The van der Waals surface area contributed by atoms with E-state index in [2.05, 4.69) is 5.32 Å². The van der Waals surface area contributed by atoms with Gasteiger partial charge in [-0.1, -0.05) is 12.1 Å². The number of fused-ring (bicyclic) bond motifs is 1. The van der Waals surface area contributed by atoms with Gasteiger partial charge in [0, 0.05) is 20.1 Å². The van der Waals surface area contributed by atoms with E-state index in [4.69, 9.17) is 0 Å². The second-order valence-corrected chi connectivity index (χ2v) is 7.73. The predicted molar refractivity (Wildman–Crippen MR) is 81.9 cm³/mol. The first-order valence-electron chi connectivity index (χ1n) is 6.94. The van der Waals surface area contributed by atoms with Crippen molar-refractivity contribution >= 4 is 27.3 Å². The number of hydrogen-bond donors (Lipinski definition) is 1. The van der Waals surface area contributed by atoms with Gasteiger partial charge in [0.25, 0.3) is 5.91 Å². The lowest BCUT2D eigenvalue weighted by molar-refractivity contribution is -0.124. The number of likely N-dealkylation sites (N-methyl/N-ethyl adjacent to an activating group) is 1. The zero-order valence-electron chi connectivity index (χ0n) is 12.2. The van der Waals surface area contributed by atoms with Crippen LogP contribution in [-0.4, -0.2) is 50.6 Å². The monoisotopic (exact) mass is 309 g/mol. The molecule has 7 heteroatoms. The SMILES string of the molecule is CN1C(=O)C2(CCN(S(C)(=O)=O)CC2)Nc2ccccc21. The minimum Gasteiger partial charge on any atom is -0.369 e. The minimum absolute atomic E-state index is 0.00866. The van der Waals surface area contributed by atoms with Gasteiger partial charge in [-0.15, -0.1) is 0 Å². The number of nitrogens with one attached hydrogen (secondary N) is 1. The number of amides is 1. The molecule has 1 saturated heterocycles. The van der Waals surface area contributed by atoms with Crippen LogP contribution < -0.4 is 10.2 Å². The molecule has 114 valence electrons. The molecule has 1 aromatic rings. The van der Waals surface area contributed by atoms with Gasteiger partial charge in [0.15, 0.2) is 0 Å². The number of sulfonamides is 1. The topological polar surface area (TPSA) is 69.7 Å². The van der Waals surface area contributed by atoms with Gasteiger partial charge in [0.2, 0.25) is 10.0 Å². The molecule has 0 atom stereocenters. The number of hydrogen-bond acceptors (Lipinski definition) is 4. The first kappa shape index (κ1) is 14.3. The van der Waals surface area contributed by atoms with Crippen LogP contribution in [0.25, 0.3) is 0 Å². The number of benzene rings is 1. The number of rotatable bonds is 1. The molecule has 1 fully saturated rings. The molecular weight excluding hydrogens is 290 g/mol. The van der Waals surface area contributed by atoms with E-state index in [9.17, 15) is 13.2 Å². The van der Waals surface area contributed by atoms with Crippen molar-refractivity contribution in [2.45, 2.75) is 18.4 Å². The van der Waals surface area contributed by atoms with Crippen molar-refractivity contribution in [1.29, 1.82) is 0 Å². The maximum Gasteiger partial charge on any atom is 0.252 e. The Balaban J connectivity index is 1.89. The summed E-state index contributed by atoms with van der Waals surface area (Å²) in [4.78, 5) is 14.4. The molecule has 0 saturated carbocycles. The van der Waals surface area contributed by atoms with Gasteiger partial charge < -0.3 is 10.2 Å². The summed E-state index contributed by atoms with van der Waals surface area (Å²) < 4.78 is 24.7. The highest BCUT2D eigenvalue weighted by atomic mass is 32.2. The first-order valence-corrected chi connectivity index (χ1v) is 8.79. The maximum absolute atomic E-state index is 12.7. The third-order valence-electron chi connectivity index (χ3n) is 4.40. The highest BCUT2D eigenvalue weighted by Gasteiger charge is 2.47. The summed E-state index contributed by atoms with van der Waals surface area (Å²) in [5.74, 6) is 0.00866. The molecule has 0 aromatic heterocycles. The maximum atomic E-state index is 12.7. The third kappa shape index (κ3) is 2.30. The second-order valence-electron chi connectivity index (χ2n) is 5.75. The lowest BCUT2D eigenvalue weighted by Gasteiger charge is -2.46. The van der Waals surface area contributed by atoms with E-state index >= 15 is 0 Å². The van der Waals surface area contributed by atoms with Crippen LogP contribution in [0.4, 0.5) is 11.4 Å². The highest BCUT2D eigenvalue weighted by Crippen LogP contribution is 2.39. The summed E-state index contributed by atoms with van der Waals surface area (Å²) in [5, 5.41) is 3.35. The van der Waals surface area contributed by atoms with Crippen molar-refractivity contribution in [3.05, 3.63) is 24.3 Å². The highest BCUT2D eigenvalue weighted by molar-refractivity contribution is 7.88. The number of carbonyl (C=O) groups is 1. The third-order valence-corrected chi connectivity index (χ3v) is 5.70. The van der Waals surface area contributed by atoms with Crippen LogP contribution in [-0.2, 0) is 14.8 Å². The summed E-state index contributed by atoms with van der Waals surface area (Å²) in [6.45, 7) is 0.737. The van der Waals surface area contributed by atoms with E-state index in [1.807, 2.05) is 24.3 Å². The van der Waals surface area contributed by atoms with E-state index < -0.39 is 15.6 Å². The normalized spacial score (nSPS) is 22.0.